The Balaban J connectivity index is 2.25. The van der Waals surface area contributed by atoms with Crippen LogP contribution in [-0.4, -0.2) is 0 Å². The standard InChI is InChI=1S/C15H13Cl2F/c1-10-6-7-12(16)9-13(10)14(17)8-11-4-2-3-5-15(11)18/h2-7,9,14H,8H2,1H3. The van der Waals surface area contributed by atoms with Crippen molar-refractivity contribution in [3.63, 3.8) is 0 Å². The summed E-state index contributed by atoms with van der Waals surface area (Å²) in [5.41, 5.74) is 2.64. The number of hydrogen-bond acceptors (Lipinski definition) is 0. The number of hydrogen-bond donors (Lipinski definition) is 0. The summed E-state index contributed by atoms with van der Waals surface area (Å²) < 4.78 is 13.6. The number of alkyl halides is 1. The fourth-order valence-corrected chi connectivity index (χ4v) is 2.50. The van der Waals surface area contributed by atoms with E-state index in [1.165, 1.54) is 6.07 Å². The van der Waals surface area contributed by atoms with Gasteiger partial charge in [-0.15, -0.1) is 11.6 Å². The van der Waals surface area contributed by atoms with Crippen LogP contribution < -0.4 is 0 Å². The van der Waals surface area contributed by atoms with E-state index in [0.29, 0.717) is 17.0 Å². The van der Waals surface area contributed by atoms with Gasteiger partial charge in [0, 0.05) is 5.02 Å². The molecule has 1 atom stereocenters. The zero-order chi connectivity index (χ0) is 13.1. The Morgan fingerprint density at radius 2 is 1.89 bits per heavy atom. The summed E-state index contributed by atoms with van der Waals surface area (Å²) in [5.74, 6) is -0.220. The molecule has 0 aromatic heterocycles. The van der Waals surface area contributed by atoms with Gasteiger partial charge in [0.1, 0.15) is 5.82 Å². The lowest BCUT2D eigenvalue weighted by Gasteiger charge is -2.13. The van der Waals surface area contributed by atoms with Crippen LogP contribution in [0.15, 0.2) is 42.5 Å². The molecular weight excluding hydrogens is 270 g/mol. The van der Waals surface area contributed by atoms with E-state index in [9.17, 15) is 4.39 Å². The third-order valence-corrected chi connectivity index (χ3v) is 3.56. The van der Waals surface area contributed by atoms with Crippen LogP contribution >= 0.6 is 23.2 Å². The van der Waals surface area contributed by atoms with Crippen molar-refractivity contribution < 1.29 is 4.39 Å². The van der Waals surface area contributed by atoms with Gasteiger partial charge in [-0.25, -0.2) is 4.39 Å². The molecule has 0 aliphatic carbocycles. The monoisotopic (exact) mass is 282 g/mol. The van der Waals surface area contributed by atoms with Gasteiger partial charge < -0.3 is 0 Å². The molecule has 0 bridgehead atoms. The minimum absolute atomic E-state index is 0.220. The molecule has 2 rings (SSSR count). The van der Waals surface area contributed by atoms with Crippen LogP contribution in [0.2, 0.25) is 5.02 Å². The van der Waals surface area contributed by atoms with Gasteiger partial charge in [0.05, 0.1) is 5.38 Å². The van der Waals surface area contributed by atoms with Gasteiger partial charge in [0.15, 0.2) is 0 Å². The molecular formula is C15H13Cl2F. The first kappa shape index (κ1) is 13.4. The quantitative estimate of drug-likeness (QED) is 0.669. The smallest absolute Gasteiger partial charge is 0.126 e. The molecule has 2 aromatic rings. The number of aryl methyl sites for hydroxylation is 1. The molecule has 2 aromatic carbocycles. The molecule has 1 unspecified atom stereocenters. The summed E-state index contributed by atoms with van der Waals surface area (Å²) in [7, 11) is 0. The maximum atomic E-state index is 13.6. The van der Waals surface area contributed by atoms with Gasteiger partial charge in [0.2, 0.25) is 0 Å². The van der Waals surface area contributed by atoms with Crippen molar-refractivity contribution in [2.75, 3.05) is 0 Å². The molecule has 0 spiro atoms. The average molecular weight is 283 g/mol. The Hall–Kier alpha value is -1.05. The van der Waals surface area contributed by atoms with Crippen molar-refractivity contribution >= 4 is 23.2 Å². The Kier molecular flexibility index (Phi) is 4.26. The summed E-state index contributed by atoms with van der Waals surface area (Å²) in [5, 5.41) is 0.371. The lowest BCUT2D eigenvalue weighted by molar-refractivity contribution is 0.607. The van der Waals surface area contributed by atoms with Gasteiger partial charge in [-0.1, -0.05) is 35.9 Å². The summed E-state index contributed by atoms with van der Waals surface area (Å²) in [4.78, 5) is 0. The van der Waals surface area contributed by atoms with Crippen molar-refractivity contribution in [1.82, 2.24) is 0 Å². The van der Waals surface area contributed by atoms with Gasteiger partial charge in [-0.3, -0.25) is 0 Å². The van der Waals surface area contributed by atoms with Crippen LogP contribution in [0.1, 0.15) is 22.1 Å². The highest BCUT2D eigenvalue weighted by Crippen LogP contribution is 2.30. The first-order valence-corrected chi connectivity index (χ1v) is 6.53. The fourth-order valence-electron chi connectivity index (χ4n) is 1.92. The highest BCUT2D eigenvalue weighted by atomic mass is 35.5. The second-order valence-corrected chi connectivity index (χ2v) is 5.23. The lowest BCUT2D eigenvalue weighted by atomic mass is 10.00. The zero-order valence-electron chi connectivity index (χ0n) is 9.96. The van der Waals surface area contributed by atoms with E-state index in [-0.39, 0.29) is 11.2 Å². The predicted octanol–water partition coefficient (Wildman–Crippen LogP) is 5.31. The lowest BCUT2D eigenvalue weighted by Crippen LogP contribution is -2.00. The van der Waals surface area contributed by atoms with Crippen LogP contribution in [0.3, 0.4) is 0 Å². The highest BCUT2D eigenvalue weighted by molar-refractivity contribution is 6.30. The molecule has 0 N–H and O–H groups in total. The van der Waals surface area contributed by atoms with Crippen LogP contribution in [0.5, 0.6) is 0 Å². The van der Waals surface area contributed by atoms with E-state index >= 15 is 0 Å². The minimum Gasteiger partial charge on any atom is -0.207 e. The number of rotatable bonds is 3. The Morgan fingerprint density at radius 3 is 2.61 bits per heavy atom. The average Bonchev–Trinajstić information content (AvgIpc) is 2.35. The summed E-state index contributed by atoms with van der Waals surface area (Å²) in [6, 6.07) is 12.3. The van der Waals surface area contributed by atoms with Gasteiger partial charge in [-0.05, 0) is 48.2 Å². The largest absolute Gasteiger partial charge is 0.207 e. The molecule has 0 aliphatic heterocycles. The first-order chi connectivity index (χ1) is 8.58. The fraction of sp³-hybridized carbons (Fsp3) is 0.200. The second-order valence-electron chi connectivity index (χ2n) is 4.26. The van der Waals surface area contributed by atoms with Crippen molar-refractivity contribution in [3.05, 3.63) is 70.0 Å². The third-order valence-electron chi connectivity index (χ3n) is 2.94. The third kappa shape index (κ3) is 3.04. The topological polar surface area (TPSA) is 0 Å². The first-order valence-electron chi connectivity index (χ1n) is 5.71. The zero-order valence-corrected chi connectivity index (χ0v) is 11.5. The Labute approximate surface area is 116 Å². The molecule has 94 valence electrons. The van der Waals surface area contributed by atoms with Crippen LogP contribution in [0.25, 0.3) is 0 Å². The number of benzene rings is 2. The van der Waals surface area contributed by atoms with Crippen molar-refractivity contribution in [2.45, 2.75) is 18.7 Å². The maximum absolute atomic E-state index is 13.6. The van der Waals surface area contributed by atoms with E-state index < -0.39 is 0 Å². The summed E-state index contributed by atoms with van der Waals surface area (Å²) >= 11 is 12.3. The van der Waals surface area contributed by atoms with Gasteiger partial charge in [-0.2, -0.15) is 0 Å². The molecule has 3 heteroatoms. The van der Waals surface area contributed by atoms with Crippen LogP contribution in [0.4, 0.5) is 4.39 Å². The summed E-state index contributed by atoms with van der Waals surface area (Å²) in [6.07, 6.45) is 0.454. The van der Waals surface area contributed by atoms with Crippen LogP contribution in [-0.2, 0) is 6.42 Å². The minimum atomic E-state index is -0.277. The highest BCUT2D eigenvalue weighted by Gasteiger charge is 2.14. The van der Waals surface area contributed by atoms with Crippen molar-refractivity contribution in [2.24, 2.45) is 0 Å². The Morgan fingerprint density at radius 1 is 1.17 bits per heavy atom. The SMILES string of the molecule is Cc1ccc(Cl)cc1C(Cl)Cc1ccccc1F. The van der Waals surface area contributed by atoms with E-state index in [2.05, 4.69) is 0 Å². The molecule has 0 aliphatic rings. The number of halogens is 3. The van der Waals surface area contributed by atoms with Crippen molar-refractivity contribution in [1.29, 1.82) is 0 Å². The van der Waals surface area contributed by atoms with Crippen molar-refractivity contribution in [3.8, 4) is 0 Å². The molecule has 18 heavy (non-hydrogen) atoms. The maximum Gasteiger partial charge on any atom is 0.126 e. The molecule has 0 amide bonds. The normalized spacial score (nSPS) is 12.4. The van der Waals surface area contributed by atoms with Gasteiger partial charge in [0.25, 0.3) is 0 Å². The predicted molar refractivity (Wildman–Crippen MR) is 74.9 cm³/mol. The molecule has 0 fully saturated rings. The molecule has 0 heterocycles. The van der Waals surface area contributed by atoms with E-state index in [4.69, 9.17) is 23.2 Å². The Bertz CT molecular complexity index is 552. The molecule has 0 saturated heterocycles. The van der Waals surface area contributed by atoms with E-state index in [1.54, 1.807) is 12.1 Å². The van der Waals surface area contributed by atoms with E-state index in [0.717, 1.165) is 11.1 Å². The van der Waals surface area contributed by atoms with Gasteiger partial charge >= 0.3 is 0 Å². The summed E-state index contributed by atoms with van der Waals surface area (Å²) in [6.45, 7) is 1.97. The molecule has 0 radical (unpaired) electrons. The van der Waals surface area contributed by atoms with E-state index in [1.807, 2.05) is 31.2 Å². The molecule has 0 nitrogen and oxygen atoms in total. The molecule has 0 saturated carbocycles. The second kappa shape index (κ2) is 5.73. The van der Waals surface area contributed by atoms with Crippen LogP contribution in [0, 0.1) is 12.7 Å².